The van der Waals surface area contributed by atoms with E-state index in [1.807, 2.05) is 58.2 Å². The van der Waals surface area contributed by atoms with Crippen molar-refractivity contribution in [2.24, 2.45) is 13.0 Å². The second kappa shape index (κ2) is 13.1. The number of esters is 1. The first-order chi connectivity index (χ1) is 22.9. The van der Waals surface area contributed by atoms with E-state index in [1.54, 1.807) is 65.0 Å². The van der Waals surface area contributed by atoms with E-state index in [2.05, 4.69) is 10.4 Å². The zero-order valence-corrected chi connectivity index (χ0v) is 28.2. The molecule has 0 spiro atoms. The first kappa shape index (κ1) is 32.7. The predicted molar refractivity (Wildman–Crippen MR) is 183 cm³/mol. The highest BCUT2D eigenvalue weighted by atomic mass is 16.5. The van der Waals surface area contributed by atoms with Gasteiger partial charge in [-0.2, -0.15) is 5.10 Å². The molecule has 1 atom stereocenters. The van der Waals surface area contributed by atoms with Gasteiger partial charge in [-0.1, -0.05) is 35.9 Å². The highest BCUT2D eigenvalue weighted by Crippen LogP contribution is 2.34. The summed E-state index contributed by atoms with van der Waals surface area (Å²) in [5.41, 5.74) is 7.56. The number of fused-ring (bicyclic) bond motifs is 1. The predicted octanol–water partition coefficient (Wildman–Crippen LogP) is 5.39. The van der Waals surface area contributed by atoms with Crippen LogP contribution >= 0.6 is 0 Å². The zero-order chi connectivity index (χ0) is 34.3. The van der Waals surface area contributed by atoms with Gasteiger partial charge in [-0.3, -0.25) is 19.1 Å². The second-order valence-corrected chi connectivity index (χ2v) is 13.1. The number of rotatable bonds is 8. The van der Waals surface area contributed by atoms with E-state index in [-0.39, 0.29) is 42.3 Å². The molecule has 2 aliphatic rings. The quantitative estimate of drug-likeness (QED) is 0.257. The number of carbonyl (C=O) groups excluding carboxylic acids is 4. The monoisotopic (exact) mass is 647 g/mol. The van der Waals surface area contributed by atoms with Crippen molar-refractivity contribution in [1.29, 1.82) is 0 Å². The van der Waals surface area contributed by atoms with Crippen LogP contribution in [0.15, 0.2) is 66.9 Å². The third-order valence-electron chi connectivity index (χ3n) is 9.56. The SMILES string of the molecule is Cc1ccc(C(=O)OC2CC(CNC(=O)c3cccc(CN4C(=O)c5ccc(-c6c(C)cnn6C)cc5N(C)C(=O)[C@H]4C)c3)C2)c(C)c1. The summed E-state index contributed by atoms with van der Waals surface area (Å²) in [7, 11) is 3.56. The molecule has 1 aliphatic carbocycles. The van der Waals surface area contributed by atoms with Gasteiger partial charge in [0.25, 0.3) is 11.8 Å². The molecule has 10 heteroatoms. The minimum Gasteiger partial charge on any atom is -0.459 e. The third-order valence-corrected chi connectivity index (χ3v) is 9.56. The van der Waals surface area contributed by atoms with E-state index < -0.39 is 6.04 Å². The number of aryl methyl sites for hydroxylation is 4. The Morgan fingerprint density at radius 2 is 1.73 bits per heavy atom. The Bertz CT molecular complexity index is 1900. The molecule has 4 aromatic rings. The third kappa shape index (κ3) is 6.34. The molecule has 1 N–H and O–H groups in total. The lowest BCUT2D eigenvalue weighted by Gasteiger charge is -2.34. The average Bonchev–Trinajstić information content (AvgIpc) is 3.37. The van der Waals surface area contributed by atoms with Crippen molar-refractivity contribution < 1.29 is 23.9 Å². The standard InChI is InChI=1S/C38H41N5O5/c1-22-10-12-31(23(2)14-22)38(47)48-30-16-27(17-30)20-39-35(44)29-9-7-8-26(15-29)21-43-25(4)36(45)41(5)33-18-28(11-13-32(33)37(43)46)34-24(3)19-40-42(34)6/h7-15,18-19,25,27,30H,16-17,20-21H2,1-6H3,(H,39,44)/t25-,27?,30?/m1/s1. The largest absolute Gasteiger partial charge is 0.459 e. The Labute approximate surface area is 280 Å². The number of nitrogens with one attached hydrogen (secondary N) is 1. The van der Waals surface area contributed by atoms with E-state index in [0.29, 0.717) is 41.8 Å². The molecule has 0 radical (unpaired) electrons. The van der Waals surface area contributed by atoms with Gasteiger partial charge in [-0.05, 0) is 93.5 Å². The van der Waals surface area contributed by atoms with E-state index in [0.717, 1.165) is 33.5 Å². The molecular weight excluding hydrogens is 606 g/mol. The Morgan fingerprint density at radius 1 is 0.958 bits per heavy atom. The van der Waals surface area contributed by atoms with Gasteiger partial charge in [0.2, 0.25) is 5.91 Å². The van der Waals surface area contributed by atoms with Crippen LogP contribution in [0.2, 0.25) is 0 Å². The van der Waals surface area contributed by atoms with Crippen LogP contribution in [0.4, 0.5) is 5.69 Å². The summed E-state index contributed by atoms with van der Waals surface area (Å²) in [5, 5.41) is 7.34. The van der Waals surface area contributed by atoms with Crippen molar-refractivity contribution in [3.05, 3.63) is 106 Å². The lowest BCUT2D eigenvalue weighted by molar-refractivity contribution is -0.122. The molecule has 6 rings (SSSR count). The van der Waals surface area contributed by atoms with Crippen LogP contribution in [0.5, 0.6) is 0 Å². The van der Waals surface area contributed by atoms with Crippen LogP contribution in [-0.4, -0.2) is 64.1 Å². The summed E-state index contributed by atoms with van der Waals surface area (Å²) in [4.78, 5) is 56.3. The summed E-state index contributed by atoms with van der Waals surface area (Å²) in [6.07, 6.45) is 3.02. The Morgan fingerprint density at radius 3 is 2.44 bits per heavy atom. The first-order valence-corrected chi connectivity index (χ1v) is 16.3. The van der Waals surface area contributed by atoms with Gasteiger partial charge in [0, 0.05) is 38.3 Å². The van der Waals surface area contributed by atoms with E-state index >= 15 is 0 Å². The second-order valence-electron chi connectivity index (χ2n) is 13.1. The van der Waals surface area contributed by atoms with Gasteiger partial charge < -0.3 is 19.9 Å². The maximum Gasteiger partial charge on any atom is 0.338 e. The van der Waals surface area contributed by atoms with Gasteiger partial charge in [0.05, 0.1) is 28.7 Å². The fourth-order valence-electron chi connectivity index (χ4n) is 6.71. The van der Waals surface area contributed by atoms with Crippen LogP contribution in [0.1, 0.15) is 73.1 Å². The van der Waals surface area contributed by atoms with Crippen LogP contribution < -0.4 is 10.2 Å². The van der Waals surface area contributed by atoms with Crippen molar-refractivity contribution >= 4 is 29.4 Å². The molecule has 3 amide bonds. The fourth-order valence-corrected chi connectivity index (χ4v) is 6.71. The number of nitrogens with zero attached hydrogens (tertiary/aromatic N) is 4. The number of carbonyl (C=O) groups is 4. The molecule has 1 saturated carbocycles. The lowest BCUT2D eigenvalue weighted by Crippen LogP contribution is -2.45. The van der Waals surface area contributed by atoms with Crippen molar-refractivity contribution in [3.8, 4) is 11.3 Å². The summed E-state index contributed by atoms with van der Waals surface area (Å²) >= 11 is 0. The van der Waals surface area contributed by atoms with Gasteiger partial charge in [-0.25, -0.2) is 4.79 Å². The molecule has 10 nitrogen and oxygen atoms in total. The molecule has 1 aliphatic heterocycles. The first-order valence-electron chi connectivity index (χ1n) is 16.3. The summed E-state index contributed by atoms with van der Waals surface area (Å²) < 4.78 is 7.46. The summed E-state index contributed by atoms with van der Waals surface area (Å²) in [5.74, 6) is -0.767. The molecule has 0 bridgehead atoms. The number of anilines is 1. The Kier molecular flexibility index (Phi) is 8.92. The van der Waals surface area contributed by atoms with Crippen molar-refractivity contribution in [2.75, 3.05) is 18.5 Å². The number of likely N-dealkylation sites (N-methyl/N-ethyl adjacent to an activating group) is 1. The van der Waals surface area contributed by atoms with Gasteiger partial charge >= 0.3 is 5.97 Å². The van der Waals surface area contributed by atoms with Crippen molar-refractivity contribution in [3.63, 3.8) is 0 Å². The number of aromatic nitrogens is 2. The van der Waals surface area contributed by atoms with Crippen molar-refractivity contribution in [2.45, 2.75) is 59.2 Å². The highest BCUT2D eigenvalue weighted by Gasteiger charge is 2.36. The lowest BCUT2D eigenvalue weighted by atomic mass is 9.82. The number of amides is 3. The topological polar surface area (TPSA) is 114 Å². The van der Waals surface area contributed by atoms with E-state index in [9.17, 15) is 19.2 Å². The number of ether oxygens (including phenoxy) is 1. The van der Waals surface area contributed by atoms with Crippen molar-refractivity contribution in [1.82, 2.24) is 20.0 Å². The molecule has 0 saturated heterocycles. The maximum absolute atomic E-state index is 13.9. The molecule has 48 heavy (non-hydrogen) atoms. The van der Waals surface area contributed by atoms with Crippen LogP contribution in [0, 0.1) is 26.7 Å². The van der Waals surface area contributed by atoms with E-state index in [4.69, 9.17) is 4.74 Å². The Balaban J connectivity index is 1.08. The zero-order valence-electron chi connectivity index (χ0n) is 28.2. The molecule has 2 heterocycles. The molecule has 1 aromatic heterocycles. The smallest absolute Gasteiger partial charge is 0.338 e. The van der Waals surface area contributed by atoms with E-state index in [1.165, 1.54) is 0 Å². The van der Waals surface area contributed by atoms with Gasteiger partial charge in [0.1, 0.15) is 12.1 Å². The molecule has 248 valence electrons. The fraction of sp³-hybridized carbons (Fsp3) is 0.342. The molecule has 3 aromatic carbocycles. The van der Waals surface area contributed by atoms with Gasteiger partial charge in [0.15, 0.2) is 0 Å². The van der Waals surface area contributed by atoms with Gasteiger partial charge in [-0.15, -0.1) is 0 Å². The summed E-state index contributed by atoms with van der Waals surface area (Å²) in [6.45, 7) is 8.24. The summed E-state index contributed by atoms with van der Waals surface area (Å²) in [6, 6.07) is 17.6. The normalized spacial score (nSPS) is 19.0. The maximum atomic E-state index is 13.9. The number of benzene rings is 3. The minimum atomic E-state index is -0.718. The van der Waals surface area contributed by atoms with Crippen LogP contribution in [0.25, 0.3) is 11.3 Å². The average molecular weight is 648 g/mol. The van der Waals surface area contributed by atoms with Crippen LogP contribution in [-0.2, 0) is 23.1 Å². The highest BCUT2D eigenvalue weighted by molar-refractivity contribution is 6.11. The molecular formula is C38H41N5O5. The minimum absolute atomic E-state index is 0.158. The molecule has 1 fully saturated rings. The van der Waals surface area contributed by atoms with Crippen LogP contribution in [0.3, 0.4) is 0 Å². The molecule has 0 unspecified atom stereocenters. The Hall–Kier alpha value is -5.25. The number of hydrogen-bond acceptors (Lipinski definition) is 6. The number of hydrogen-bond donors (Lipinski definition) is 1.